The highest BCUT2D eigenvalue weighted by Crippen LogP contribution is 2.41. The summed E-state index contributed by atoms with van der Waals surface area (Å²) in [6, 6.07) is 6.52. The van der Waals surface area contributed by atoms with Crippen molar-refractivity contribution in [2.45, 2.75) is 37.3 Å². The minimum absolute atomic E-state index is 0.108. The van der Waals surface area contributed by atoms with E-state index in [2.05, 4.69) is 24.9 Å². The molecule has 0 radical (unpaired) electrons. The number of rotatable bonds is 3. The third-order valence-electron chi connectivity index (χ3n) is 5.16. The Morgan fingerprint density at radius 2 is 1.79 bits per heavy atom. The molecule has 0 bridgehead atoms. The summed E-state index contributed by atoms with van der Waals surface area (Å²) >= 11 is 0. The topological polar surface area (TPSA) is 161 Å². The average Bonchev–Trinajstić information content (AvgIpc) is 3.33. The Morgan fingerprint density at radius 1 is 1.18 bits per heavy atom. The van der Waals surface area contributed by atoms with Gasteiger partial charge in [-0.25, -0.2) is 24.1 Å². The van der Waals surface area contributed by atoms with Crippen LogP contribution in [0.4, 0.5) is 30.7 Å². The first kappa shape index (κ1) is 28.8. The van der Waals surface area contributed by atoms with Gasteiger partial charge in [-0.15, -0.1) is 0 Å². The first-order chi connectivity index (χ1) is 18.0. The summed E-state index contributed by atoms with van der Waals surface area (Å²) in [5, 5.41) is 19.8. The fraction of sp³-hybridized carbons (Fsp3) is 0.273. The van der Waals surface area contributed by atoms with E-state index in [1.807, 2.05) is 6.07 Å². The third kappa shape index (κ3) is 6.77. The number of carboxylic acid groups (broad SMARTS) is 1. The molecule has 10 nitrogen and oxygen atoms in total. The van der Waals surface area contributed by atoms with Crippen molar-refractivity contribution in [1.29, 1.82) is 5.26 Å². The Labute approximate surface area is 213 Å². The van der Waals surface area contributed by atoms with E-state index in [-0.39, 0.29) is 28.4 Å². The Bertz CT molecular complexity index is 1430. The Kier molecular flexibility index (Phi) is 7.80. The number of amidine groups is 1. The number of hydrogen-bond acceptors (Lipinski definition) is 9. The predicted molar refractivity (Wildman–Crippen MR) is 116 cm³/mol. The van der Waals surface area contributed by atoms with Crippen LogP contribution in [-0.4, -0.2) is 50.7 Å². The van der Waals surface area contributed by atoms with Crippen LogP contribution in [0.5, 0.6) is 0 Å². The second-order valence-corrected chi connectivity index (χ2v) is 8.06. The van der Waals surface area contributed by atoms with Gasteiger partial charge in [-0.05, 0) is 25.1 Å². The van der Waals surface area contributed by atoms with Gasteiger partial charge in [-0.2, -0.15) is 31.6 Å². The molecule has 2 aromatic heterocycles. The minimum atomic E-state index is -5.08. The quantitative estimate of drug-likeness (QED) is 0.445. The number of ether oxygens (including phenoxy) is 1. The van der Waals surface area contributed by atoms with Crippen molar-refractivity contribution in [2.75, 3.05) is 0 Å². The molecular weight excluding hydrogens is 545 g/mol. The van der Waals surface area contributed by atoms with E-state index in [0.717, 1.165) is 6.07 Å². The molecule has 0 saturated heterocycles. The first-order valence-electron chi connectivity index (χ1n) is 10.4. The fourth-order valence-electron chi connectivity index (χ4n) is 3.34. The van der Waals surface area contributed by atoms with Crippen LogP contribution in [0.1, 0.15) is 24.5 Å². The van der Waals surface area contributed by atoms with Gasteiger partial charge in [-0.1, -0.05) is 5.16 Å². The zero-order valence-corrected chi connectivity index (χ0v) is 19.4. The maximum atomic E-state index is 14.7. The molecule has 4 rings (SSSR count). The van der Waals surface area contributed by atoms with E-state index >= 15 is 0 Å². The summed E-state index contributed by atoms with van der Waals surface area (Å²) in [6.07, 6.45) is -10.0. The highest BCUT2D eigenvalue weighted by Gasteiger charge is 2.50. The summed E-state index contributed by atoms with van der Waals surface area (Å²) in [6.45, 7) is 1.35. The molecule has 17 heteroatoms. The normalized spacial score (nSPS) is 19.2. The maximum Gasteiger partial charge on any atom is 0.490 e. The van der Waals surface area contributed by atoms with Crippen LogP contribution in [0.25, 0.3) is 22.8 Å². The van der Waals surface area contributed by atoms with Gasteiger partial charge in [0, 0.05) is 36.0 Å². The molecule has 1 aliphatic rings. The monoisotopic (exact) mass is 560 g/mol. The van der Waals surface area contributed by atoms with Gasteiger partial charge in [0.1, 0.15) is 11.9 Å². The van der Waals surface area contributed by atoms with Crippen LogP contribution < -0.4 is 5.73 Å². The van der Waals surface area contributed by atoms with Gasteiger partial charge in [0.25, 0.3) is 6.02 Å². The summed E-state index contributed by atoms with van der Waals surface area (Å²) in [4.78, 5) is 20.9. The fourth-order valence-corrected chi connectivity index (χ4v) is 3.34. The largest absolute Gasteiger partial charge is 0.490 e. The number of nitrogens with zero attached hydrogens (tertiary/aromatic N) is 5. The van der Waals surface area contributed by atoms with Gasteiger partial charge >= 0.3 is 18.3 Å². The zero-order valence-electron chi connectivity index (χ0n) is 19.4. The van der Waals surface area contributed by atoms with Crippen molar-refractivity contribution in [2.24, 2.45) is 10.7 Å². The molecule has 1 aromatic carbocycles. The van der Waals surface area contributed by atoms with E-state index in [4.69, 9.17) is 25.4 Å². The molecule has 1 aliphatic heterocycles. The van der Waals surface area contributed by atoms with E-state index in [1.165, 1.54) is 37.5 Å². The smallest absolute Gasteiger partial charge is 0.475 e. The molecule has 2 atom stereocenters. The maximum absolute atomic E-state index is 14.7. The van der Waals surface area contributed by atoms with Crippen molar-refractivity contribution >= 4 is 12.0 Å². The number of hydrogen-bond donors (Lipinski definition) is 2. The molecule has 0 amide bonds. The van der Waals surface area contributed by atoms with Crippen LogP contribution in [0, 0.1) is 17.1 Å². The lowest BCUT2D eigenvalue weighted by Crippen LogP contribution is -2.46. The number of carbonyl (C=O) groups is 1. The Morgan fingerprint density at radius 3 is 2.33 bits per heavy atom. The van der Waals surface area contributed by atoms with Crippen LogP contribution in [0.15, 0.2) is 46.2 Å². The second kappa shape index (κ2) is 10.6. The number of halogens is 7. The predicted octanol–water partition coefficient (Wildman–Crippen LogP) is 4.32. The number of benzene rings is 1. The van der Waals surface area contributed by atoms with Gasteiger partial charge in [0.05, 0.1) is 11.1 Å². The lowest BCUT2D eigenvalue weighted by Gasteiger charge is -2.36. The van der Waals surface area contributed by atoms with Gasteiger partial charge in [0.15, 0.2) is 23.4 Å². The number of aliphatic carboxylic acids is 1. The Balaban J connectivity index is 0.000000532. The number of nitriles is 1. The third-order valence-corrected chi connectivity index (χ3v) is 5.16. The lowest BCUT2D eigenvalue weighted by molar-refractivity contribution is -0.208. The second-order valence-electron chi connectivity index (χ2n) is 8.06. The SMILES string of the molecule is C[C@@]1(c2cc(-c3cc(-c4ncc(C#N)cn4)no3)ccc2F)C[C@@H](C(F)(F)F)OC(N)=N1.O=C(O)C(F)(F)F. The summed E-state index contributed by atoms with van der Waals surface area (Å²) < 4.78 is 96.1. The van der Waals surface area contributed by atoms with Gasteiger partial charge in [0.2, 0.25) is 0 Å². The van der Waals surface area contributed by atoms with E-state index < -0.39 is 48.2 Å². The number of alkyl halides is 6. The van der Waals surface area contributed by atoms with Crippen LogP contribution >= 0.6 is 0 Å². The Hall–Kier alpha value is -4.75. The first-order valence-corrected chi connectivity index (χ1v) is 10.4. The molecule has 206 valence electrons. The van der Waals surface area contributed by atoms with Crippen LogP contribution in [0.3, 0.4) is 0 Å². The minimum Gasteiger partial charge on any atom is -0.475 e. The lowest BCUT2D eigenvalue weighted by atomic mass is 9.84. The van der Waals surface area contributed by atoms with Crippen molar-refractivity contribution < 1.29 is 49.9 Å². The molecule has 3 N–H and O–H groups in total. The molecule has 0 unspecified atom stereocenters. The molecule has 0 saturated carbocycles. The molecule has 3 heterocycles. The molecular formula is C22H15F7N6O4. The molecule has 39 heavy (non-hydrogen) atoms. The highest BCUT2D eigenvalue weighted by atomic mass is 19.4. The van der Waals surface area contributed by atoms with E-state index in [0.29, 0.717) is 5.56 Å². The van der Waals surface area contributed by atoms with E-state index in [1.54, 1.807) is 0 Å². The number of aromatic nitrogens is 3. The summed E-state index contributed by atoms with van der Waals surface area (Å²) in [7, 11) is 0. The van der Waals surface area contributed by atoms with Crippen molar-refractivity contribution in [3.8, 4) is 28.9 Å². The standard InChI is InChI=1S/C20H14F4N6O2.C2HF3O2/c1-19(6-16(20(22,23)24)31-18(26)29-19)12-4-11(2-3-13(12)21)15-5-14(30-32-15)17-27-8-10(7-25)9-28-17;3-2(4,5)1(6)7/h2-5,8-9,16H,6H2,1H3,(H2,26,29);(H,6,7)/t16-,19-;/m0./s1. The molecule has 0 fully saturated rings. The van der Waals surface area contributed by atoms with Gasteiger partial charge in [-0.3, -0.25) is 0 Å². The van der Waals surface area contributed by atoms with Crippen molar-refractivity contribution in [3.63, 3.8) is 0 Å². The summed E-state index contributed by atoms with van der Waals surface area (Å²) in [5.41, 5.74) is 4.60. The summed E-state index contributed by atoms with van der Waals surface area (Å²) in [5.74, 6) is -3.12. The highest BCUT2D eigenvalue weighted by molar-refractivity contribution is 5.74. The number of carboxylic acids is 1. The van der Waals surface area contributed by atoms with Crippen LogP contribution in [0.2, 0.25) is 0 Å². The average molecular weight is 560 g/mol. The van der Waals surface area contributed by atoms with Crippen molar-refractivity contribution in [1.82, 2.24) is 15.1 Å². The van der Waals surface area contributed by atoms with Crippen molar-refractivity contribution in [3.05, 3.63) is 53.6 Å². The van der Waals surface area contributed by atoms with Crippen LogP contribution in [-0.2, 0) is 15.1 Å². The molecule has 0 spiro atoms. The van der Waals surface area contributed by atoms with E-state index in [9.17, 15) is 30.7 Å². The molecule has 0 aliphatic carbocycles. The number of aliphatic imine (C=N–C) groups is 1. The zero-order chi connectivity index (χ0) is 29.2. The molecule has 3 aromatic rings. The van der Waals surface area contributed by atoms with Gasteiger partial charge < -0.3 is 20.1 Å². The number of nitrogens with two attached hydrogens (primary N) is 1.